The van der Waals surface area contributed by atoms with Crippen LogP contribution in [0.15, 0.2) is 18.3 Å². The molecule has 0 bridgehead atoms. The minimum absolute atomic E-state index is 0.0584. The van der Waals surface area contributed by atoms with E-state index in [0.29, 0.717) is 5.56 Å². The van der Waals surface area contributed by atoms with Crippen molar-refractivity contribution in [3.63, 3.8) is 0 Å². The fraction of sp³-hybridized carbons (Fsp3) is 0.500. The first kappa shape index (κ1) is 13.3. The first-order chi connectivity index (χ1) is 7.38. The van der Waals surface area contributed by atoms with E-state index >= 15 is 0 Å². The fourth-order valence-corrected chi connectivity index (χ4v) is 1.36. The molecule has 0 aromatic carbocycles. The Kier molecular flexibility index (Phi) is 4.56. The molecule has 0 aliphatic carbocycles. The van der Waals surface area contributed by atoms with Gasteiger partial charge in [0.1, 0.15) is 5.15 Å². The lowest BCUT2D eigenvalue weighted by atomic mass is 10.1. The van der Waals surface area contributed by atoms with Crippen LogP contribution in [0.5, 0.6) is 0 Å². The SMILES string of the molecule is OC(CCCC(F)(F)F)c1ccc(Cl)nc1. The quantitative estimate of drug-likeness (QED) is 0.833. The van der Waals surface area contributed by atoms with Crippen molar-refractivity contribution >= 4 is 11.6 Å². The van der Waals surface area contributed by atoms with Gasteiger partial charge in [0.05, 0.1) is 6.10 Å². The number of alkyl halides is 3. The Hall–Kier alpha value is -0.810. The Bertz CT molecular complexity index is 326. The minimum atomic E-state index is -4.17. The van der Waals surface area contributed by atoms with Gasteiger partial charge in [0.15, 0.2) is 0 Å². The molecular formula is C10H11ClF3NO. The van der Waals surface area contributed by atoms with E-state index in [1.54, 1.807) is 6.07 Å². The predicted molar refractivity (Wildman–Crippen MR) is 54.1 cm³/mol. The van der Waals surface area contributed by atoms with E-state index in [2.05, 4.69) is 4.98 Å². The van der Waals surface area contributed by atoms with Crippen molar-refractivity contribution in [2.24, 2.45) is 0 Å². The Labute approximate surface area is 96.1 Å². The summed E-state index contributed by atoms with van der Waals surface area (Å²) in [5.74, 6) is 0. The summed E-state index contributed by atoms with van der Waals surface area (Å²) in [5.41, 5.74) is 0.478. The van der Waals surface area contributed by atoms with Crippen LogP contribution < -0.4 is 0 Å². The zero-order valence-electron chi connectivity index (χ0n) is 8.34. The van der Waals surface area contributed by atoms with Gasteiger partial charge in [-0.1, -0.05) is 17.7 Å². The first-order valence-electron chi connectivity index (χ1n) is 4.75. The van der Waals surface area contributed by atoms with Crippen LogP contribution in [0.2, 0.25) is 5.15 Å². The van der Waals surface area contributed by atoms with Crippen molar-refractivity contribution in [2.45, 2.75) is 31.5 Å². The van der Waals surface area contributed by atoms with Gasteiger partial charge >= 0.3 is 6.18 Å². The highest BCUT2D eigenvalue weighted by molar-refractivity contribution is 6.29. The Morgan fingerprint density at radius 2 is 2.06 bits per heavy atom. The summed E-state index contributed by atoms with van der Waals surface area (Å²) < 4.78 is 35.6. The summed E-state index contributed by atoms with van der Waals surface area (Å²) in [6, 6.07) is 3.04. The lowest BCUT2D eigenvalue weighted by Crippen LogP contribution is -2.08. The van der Waals surface area contributed by atoms with Gasteiger partial charge in [0, 0.05) is 12.6 Å². The molecule has 1 unspecified atom stereocenters. The lowest BCUT2D eigenvalue weighted by molar-refractivity contribution is -0.136. The maximum Gasteiger partial charge on any atom is 0.389 e. The largest absolute Gasteiger partial charge is 0.389 e. The van der Waals surface area contributed by atoms with Gasteiger partial charge in [-0.2, -0.15) is 13.2 Å². The van der Waals surface area contributed by atoms with Crippen molar-refractivity contribution in [2.75, 3.05) is 0 Å². The van der Waals surface area contributed by atoms with E-state index < -0.39 is 18.7 Å². The molecule has 90 valence electrons. The maximum absolute atomic E-state index is 11.9. The molecule has 0 saturated carbocycles. The zero-order valence-corrected chi connectivity index (χ0v) is 9.09. The number of pyridine rings is 1. The molecule has 1 atom stereocenters. The fourth-order valence-electron chi connectivity index (χ4n) is 1.25. The van der Waals surface area contributed by atoms with E-state index in [0.717, 1.165) is 0 Å². The highest BCUT2D eigenvalue weighted by Gasteiger charge is 2.26. The van der Waals surface area contributed by atoms with Gasteiger partial charge in [-0.05, 0) is 24.5 Å². The van der Waals surface area contributed by atoms with Gasteiger partial charge in [0.2, 0.25) is 0 Å². The Morgan fingerprint density at radius 3 is 2.56 bits per heavy atom. The van der Waals surface area contributed by atoms with Crippen LogP contribution in [-0.4, -0.2) is 16.3 Å². The third-order valence-electron chi connectivity index (χ3n) is 2.07. The molecule has 0 radical (unpaired) electrons. The van der Waals surface area contributed by atoms with Crippen LogP contribution in [0.4, 0.5) is 13.2 Å². The number of aliphatic hydroxyl groups is 1. The molecule has 0 spiro atoms. The zero-order chi connectivity index (χ0) is 12.2. The smallest absolute Gasteiger partial charge is 0.388 e. The summed E-state index contributed by atoms with van der Waals surface area (Å²) in [5, 5.41) is 9.84. The molecule has 16 heavy (non-hydrogen) atoms. The highest BCUT2D eigenvalue weighted by atomic mass is 35.5. The molecule has 0 aliphatic rings. The molecule has 6 heteroatoms. The lowest BCUT2D eigenvalue weighted by Gasteiger charge is -2.11. The van der Waals surface area contributed by atoms with Crippen molar-refractivity contribution in [3.05, 3.63) is 29.0 Å². The molecular weight excluding hydrogens is 243 g/mol. The van der Waals surface area contributed by atoms with Crippen LogP contribution in [0.1, 0.15) is 30.9 Å². The number of hydrogen-bond donors (Lipinski definition) is 1. The molecule has 0 saturated heterocycles. The minimum Gasteiger partial charge on any atom is -0.388 e. The second-order valence-electron chi connectivity index (χ2n) is 3.44. The van der Waals surface area contributed by atoms with Crippen LogP contribution in [0.25, 0.3) is 0 Å². The maximum atomic E-state index is 11.9. The van der Waals surface area contributed by atoms with Crippen LogP contribution in [0.3, 0.4) is 0 Å². The summed E-state index contributed by atoms with van der Waals surface area (Å²) in [4.78, 5) is 3.74. The molecule has 1 rings (SSSR count). The third-order valence-corrected chi connectivity index (χ3v) is 2.30. The second-order valence-corrected chi connectivity index (χ2v) is 3.82. The van der Waals surface area contributed by atoms with Crippen molar-refractivity contribution in [1.82, 2.24) is 4.98 Å². The molecule has 1 N–H and O–H groups in total. The topological polar surface area (TPSA) is 33.1 Å². The summed E-state index contributed by atoms with van der Waals surface area (Å²) in [6.07, 6.45) is -4.66. The summed E-state index contributed by atoms with van der Waals surface area (Å²) >= 11 is 5.54. The van der Waals surface area contributed by atoms with E-state index in [4.69, 9.17) is 11.6 Å². The number of aliphatic hydroxyl groups excluding tert-OH is 1. The average molecular weight is 254 g/mol. The first-order valence-corrected chi connectivity index (χ1v) is 5.12. The van der Waals surface area contributed by atoms with Gasteiger partial charge in [-0.15, -0.1) is 0 Å². The number of rotatable bonds is 4. The molecule has 2 nitrogen and oxygen atoms in total. The van der Waals surface area contributed by atoms with Crippen LogP contribution in [-0.2, 0) is 0 Å². The summed E-state index contributed by atoms with van der Waals surface area (Å²) in [6.45, 7) is 0. The van der Waals surface area contributed by atoms with Crippen molar-refractivity contribution < 1.29 is 18.3 Å². The molecule has 1 aromatic rings. The number of aromatic nitrogens is 1. The van der Waals surface area contributed by atoms with Gasteiger partial charge in [0.25, 0.3) is 0 Å². The normalized spacial score (nSPS) is 13.8. The molecule has 0 aliphatic heterocycles. The second kappa shape index (κ2) is 5.50. The molecule has 1 heterocycles. The van der Waals surface area contributed by atoms with Gasteiger partial charge in [-0.3, -0.25) is 0 Å². The van der Waals surface area contributed by atoms with Crippen molar-refractivity contribution in [1.29, 1.82) is 0 Å². The van der Waals surface area contributed by atoms with E-state index in [-0.39, 0.29) is 18.0 Å². The predicted octanol–water partition coefficient (Wildman–Crippen LogP) is 3.50. The number of hydrogen-bond acceptors (Lipinski definition) is 2. The monoisotopic (exact) mass is 253 g/mol. The third kappa shape index (κ3) is 4.81. The van der Waals surface area contributed by atoms with Crippen molar-refractivity contribution in [3.8, 4) is 0 Å². The summed E-state index contributed by atoms with van der Waals surface area (Å²) in [7, 11) is 0. The average Bonchev–Trinajstić information content (AvgIpc) is 2.16. The van der Waals surface area contributed by atoms with Crippen LogP contribution in [0, 0.1) is 0 Å². The van der Waals surface area contributed by atoms with Crippen LogP contribution >= 0.6 is 11.6 Å². The molecule has 0 fully saturated rings. The van der Waals surface area contributed by atoms with E-state index in [1.807, 2.05) is 0 Å². The number of halogens is 4. The number of nitrogens with zero attached hydrogens (tertiary/aromatic N) is 1. The Balaban J connectivity index is 2.41. The van der Waals surface area contributed by atoms with Gasteiger partial charge < -0.3 is 5.11 Å². The van der Waals surface area contributed by atoms with E-state index in [9.17, 15) is 18.3 Å². The van der Waals surface area contributed by atoms with E-state index in [1.165, 1.54) is 12.3 Å². The molecule has 0 amide bonds. The Morgan fingerprint density at radius 1 is 1.38 bits per heavy atom. The van der Waals surface area contributed by atoms with Gasteiger partial charge in [-0.25, -0.2) is 4.98 Å². The highest BCUT2D eigenvalue weighted by Crippen LogP contribution is 2.26. The standard InChI is InChI=1S/C10H11ClF3NO/c11-9-4-3-7(6-15-9)8(16)2-1-5-10(12,13)14/h3-4,6,8,16H,1-2,5H2. The molecule has 1 aromatic heterocycles.